The molecule has 1 amide bonds. The van der Waals surface area contributed by atoms with Crippen LogP contribution in [0.15, 0.2) is 5.57 Å². The molecule has 1 saturated heterocycles. The minimum Gasteiger partial charge on any atom is -0.466 e. The number of fused-ring (bicyclic) bond motifs is 1. The van der Waals surface area contributed by atoms with Crippen LogP contribution < -0.4 is 4.74 Å². The summed E-state index contributed by atoms with van der Waals surface area (Å²) in [6, 6.07) is 0. The Labute approximate surface area is 144 Å². The van der Waals surface area contributed by atoms with E-state index in [1.807, 2.05) is 20.8 Å². The molecule has 130 valence electrons. The van der Waals surface area contributed by atoms with Crippen LogP contribution in [0.3, 0.4) is 0 Å². The first-order chi connectivity index (χ1) is 11.2. The zero-order valence-electron chi connectivity index (χ0n) is 14.1. The zero-order valence-corrected chi connectivity index (χ0v) is 14.9. The van der Waals surface area contributed by atoms with Crippen LogP contribution in [0, 0.1) is 0 Å². The molecular weight excluding hydrogens is 332 g/mol. The Balaban J connectivity index is 1.51. The number of methoxy groups -OCH3 is 1. The summed E-state index contributed by atoms with van der Waals surface area (Å²) < 4.78 is 15.8. The molecule has 0 unspecified atom stereocenters. The van der Waals surface area contributed by atoms with Crippen LogP contribution in [0.4, 0.5) is 4.79 Å². The Morgan fingerprint density at radius 2 is 2.04 bits per heavy atom. The number of likely N-dealkylation sites (tertiary alicyclic amines) is 1. The molecule has 3 rings (SSSR count). The van der Waals surface area contributed by atoms with Gasteiger partial charge < -0.3 is 19.1 Å². The lowest BCUT2D eigenvalue weighted by atomic mass is 10.2. The van der Waals surface area contributed by atoms with Crippen molar-refractivity contribution in [3.05, 3.63) is 16.1 Å². The first-order valence-electron chi connectivity index (χ1n) is 7.68. The topological polar surface area (TPSA) is 78.0 Å². The number of thiazole rings is 1. The van der Waals surface area contributed by atoms with Crippen molar-refractivity contribution in [2.24, 2.45) is 0 Å². The fraction of sp³-hybridized carbons (Fsp3) is 0.562. The van der Waals surface area contributed by atoms with E-state index < -0.39 is 5.60 Å². The molecule has 0 radical (unpaired) electrons. The molecule has 2 aliphatic rings. The average Bonchev–Trinajstić information content (AvgIpc) is 2.97. The summed E-state index contributed by atoms with van der Waals surface area (Å²) in [5.74, 6) is -0.324. The molecule has 1 aliphatic carbocycles. The van der Waals surface area contributed by atoms with Gasteiger partial charge in [-0.25, -0.2) is 14.6 Å². The lowest BCUT2D eigenvalue weighted by molar-refractivity contribution is -0.136. The van der Waals surface area contributed by atoms with Crippen LogP contribution in [0.25, 0.3) is 6.08 Å². The summed E-state index contributed by atoms with van der Waals surface area (Å²) in [6.07, 6.45) is 1.86. The SMILES string of the molecule is COC(=O)C1=Cc2sc(OC3CN(C(=O)OC(C)(C)C)C3)nc2C1. The van der Waals surface area contributed by atoms with Crippen molar-refractivity contribution in [1.82, 2.24) is 9.88 Å². The molecule has 7 nitrogen and oxygen atoms in total. The molecule has 0 aromatic carbocycles. The van der Waals surface area contributed by atoms with Crippen LogP contribution in [0.5, 0.6) is 5.19 Å². The van der Waals surface area contributed by atoms with Crippen molar-refractivity contribution >= 4 is 29.5 Å². The van der Waals surface area contributed by atoms with E-state index in [1.165, 1.54) is 18.4 Å². The molecule has 0 spiro atoms. The lowest BCUT2D eigenvalue weighted by Crippen LogP contribution is -2.57. The maximum absolute atomic E-state index is 11.9. The van der Waals surface area contributed by atoms with E-state index in [2.05, 4.69) is 4.98 Å². The number of esters is 1. The summed E-state index contributed by atoms with van der Waals surface area (Å²) >= 11 is 1.40. The Morgan fingerprint density at radius 1 is 1.33 bits per heavy atom. The minimum absolute atomic E-state index is 0.0761. The van der Waals surface area contributed by atoms with Crippen molar-refractivity contribution in [2.75, 3.05) is 20.2 Å². The van der Waals surface area contributed by atoms with Gasteiger partial charge in [-0.3, -0.25) is 0 Å². The fourth-order valence-electron chi connectivity index (χ4n) is 2.41. The van der Waals surface area contributed by atoms with Crippen LogP contribution in [-0.4, -0.2) is 53.9 Å². The largest absolute Gasteiger partial charge is 0.466 e. The van der Waals surface area contributed by atoms with Crippen molar-refractivity contribution in [3.63, 3.8) is 0 Å². The van der Waals surface area contributed by atoms with Crippen LogP contribution >= 0.6 is 11.3 Å². The minimum atomic E-state index is -0.497. The van der Waals surface area contributed by atoms with Crippen molar-refractivity contribution in [3.8, 4) is 5.19 Å². The standard InChI is InChI=1S/C16H20N2O5S/c1-16(2,3)23-15(20)18-7-10(8-18)22-14-17-11-5-9(13(19)21-4)6-12(11)24-14/h6,10H,5,7-8H2,1-4H3. The molecule has 2 heterocycles. The Kier molecular flexibility index (Phi) is 4.25. The summed E-state index contributed by atoms with van der Waals surface area (Å²) in [5, 5.41) is 0.564. The molecule has 1 aromatic rings. The maximum Gasteiger partial charge on any atom is 0.410 e. The van der Waals surface area contributed by atoms with Gasteiger partial charge in [0.05, 0.1) is 30.8 Å². The molecule has 1 fully saturated rings. The van der Waals surface area contributed by atoms with Crippen LogP contribution in [-0.2, 0) is 20.7 Å². The Hall–Kier alpha value is -2.09. The van der Waals surface area contributed by atoms with Gasteiger partial charge in [-0.15, -0.1) is 0 Å². The summed E-state index contributed by atoms with van der Waals surface area (Å²) in [5.41, 5.74) is 0.944. The Morgan fingerprint density at radius 3 is 2.62 bits per heavy atom. The third-order valence-electron chi connectivity index (χ3n) is 3.59. The van der Waals surface area contributed by atoms with Gasteiger partial charge in [0.1, 0.15) is 11.7 Å². The average molecular weight is 352 g/mol. The monoisotopic (exact) mass is 352 g/mol. The van der Waals surface area contributed by atoms with Gasteiger partial charge in [0.25, 0.3) is 5.19 Å². The van der Waals surface area contributed by atoms with E-state index in [4.69, 9.17) is 14.2 Å². The third kappa shape index (κ3) is 3.53. The van der Waals surface area contributed by atoms with E-state index in [0.29, 0.717) is 30.3 Å². The highest BCUT2D eigenvalue weighted by molar-refractivity contribution is 7.14. The quantitative estimate of drug-likeness (QED) is 0.777. The van der Waals surface area contributed by atoms with Gasteiger partial charge in [-0.2, -0.15) is 0 Å². The number of ether oxygens (including phenoxy) is 3. The highest BCUT2D eigenvalue weighted by Gasteiger charge is 2.36. The van der Waals surface area contributed by atoms with E-state index in [1.54, 1.807) is 11.0 Å². The van der Waals surface area contributed by atoms with Crippen molar-refractivity contribution in [1.29, 1.82) is 0 Å². The van der Waals surface area contributed by atoms with E-state index in [-0.39, 0.29) is 18.2 Å². The summed E-state index contributed by atoms with van der Waals surface area (Å²) in [7, 11) is 1.37. The van der Waals surface area contributed by atoms with E-state index >= 15 is 0 Å². The number of nitrogens with zero attached hydrogens (tertiary/aromatic N) is 2. The normalized spacial score (nSPS) is 17.0. The molecule has 1 aliphatic heterocycles. The molecule has 24 heavy (non-hydrogen) atoms. The number of hydrogen-bond donors (Lipinski definition) is 0. The first kappa shape index (κ1) is 16.8. The third-order valence-corrected chi connectivity index (χ3v) is 4.52. The second kappa shape index (κ2) is 6.08. The van der Waals surface area contributed by atoms with Gasteiger partial charge in [0, 0.05) is 12.0 Å². The predicted molar refractivity (Wildman–Crippen MR) is 88.0 cm³/mol. The highest BCUT2D eigenvalue weighted by Crippen LogP contribution is 2.35. The number of amides is 1. The molecule has 1 aromatic heterocycles. The smallest absolute Gasteiger partial charge is 0.410 e. The lowest BCUT2D eigenvalue weighted by Gasteiger charge is -2.38. The van der Waals surface area contributed by atoms with Crippen LogP contribution in [0.1, 0.15) is 31.3 Å². The fourth-order valence-corrected chi connectivity index (χ4v) is 3.38. The van der Waals surface area contributed by atoms with Gasteiger partial charge in [0.2, 0.25) is 0 Å². The molecule has 0 bridgehead atoms. The molecule has 8 heteroatoms. The number of hydrogen-bond acceptors (Lipinski definition) is 7. The van der Waals surface area contributed by atoms with E-state index in [9.17, 15) is 9.59 Å². The number of carbonyl (C=O) groups excluding carboxylic acids is 2. The maximum atomic E-state index is 11.9. The zero-order chi connectivity index (χ0) is 17.5. The van der Waals surface area contributed by atoms with Crippen molar-refractivity contribution in [2.45, 2.75) is 38.9 Å². The van der Waals surface area contributed by atoms with Gasteiger partial charge >= 0.3 is 12.1 Å². The summed E-state index contributed by atoms with van der Waals surface area (Å²) in [4.78, 5) is 30.3. The molecule has 0 N–H and O–H groups in total. The predicted octanol–water partition coefficient (Wildman–Crippen LogP) is 2.25. The van der Waals surface area contributed by atoms with Gasteiger partial charge in [0.15, 0.2) is 0 Å². The first-order valence-corrected chi connectivity index (χ1v) is 8.50. The van der Waals surface area contributed by atoms with Crippen LogP contribution in [0.2, 0.25) is 0 Å². The number of aromatic nitrogens is 1. The highest BCUT2D eigenvalue weighted by atomic mass is 32.1. The number of rotatable bonds is 3. The summed E-state index contributed by atoms with van der Waals surface area (Å²) in [6.45, 7) is 6.49. The molecule has 0 saturated carbocycles. The molecular formula is C16H20N2O5S. The second-order valence-corrected chi connectivity index (χ2v) is 7.75. The van der Waals surface area contributed by atoms with E-state index in [0.717, 1.165) is 10.6 Å². The van der Waals surface area contributed by atoms with Gasteiger partial charge in [-0.05, 0) is 26.8 Å². The Bertz CT molecular complexity index is 698. The number of carbonyl (C=O) groups is 2. The van der Waals surface area contributed by atoms with Gasteiger partial charge in [-0.1, -0.05) is 11.3 Å². The molecule has 0 atom stereocenters. The van der Waals surface area contributed by atoms with Crippen molar-refractivity contribution < 1.29 is 23.8 Å². The second-order valence-electron chi connectivity index (χ2n) is 6.75.